The Labute approximate surface area is 298 Å². The number of amides is 2. The summed E-state index contributed by atoms with van der Waals surface area (Å²) in [4.78, 5) is 38.3. The van der Waals surface area contributed by atoms with E-state index >= 15 is 4.39 Å². The summed E-state index contributed by atoms with van der Waals surface area (Å²) in [5.41, 5.74) is 1.34. The number of hydrogen-bond acceptors (Lipinski definition) is 9. The van der Waals surface area contributed by atoms with Gasteiger partial charge in [-0.1, -0.05) is 26.8 Å². The zero-order valence-electron chi connectivity index (χ0n) is 32.2. The van der Waals surface area contributed by atoms with Crippen LogP contribution in [0.3, 0.4) is 0 Å². The average molecular weight is 714 g/mol. The first-order chi connectivity index (χ1) is 23.0. The number of halogens is 1. The van der Waals surface area contributed by atoms with Gasteiger partial charge in [0.15, 0.2) is 25.7 Å². The van der Waals surface area contributed by atoms with Gasteiger partial charge in [0.05, 0.1) is 24.0 Å². The summed E-state index contributed by atoms with van der Waals surface area (Å²) in [5, 5.41) is 3.06. The lowest BCUT2D eigenvalue weighted by Crippen LogP contribution is -2.42. The number of allylic oxidation sites excluding steroid dienone is 1. The molecular weight excluding hydrogens is 658 g/mol. The molecule has 0 radical (unpaired) electrons. The number of hydrogen-bond donors (Lipinski definition) is 1. The Morgan fingerprint density at radius 2 is 1.70 bits per heavy atom. The van der Waals surface area contributed by atoms with Crippen molar-refractivity contribution in [1.29, 1.82) is 0 Å². The van der Waals surface area contributed by atoms with E-state index in [2.05, 4.69) is 44.2 Å². The van der Waals surface area contributed by atoms with Gasteiger partial charge in [0.2, 0.25) is 0 Å². The Kier molecular flexibility index (Phi) is 11.3. The normalized spacial score (nSPS) is 17.2. The molecule has 2 amide bonds. The van der Waals surface area contributed by atoms with Gasteiger partial charge in [0, 0.05) is 38.3 Å². The summed E-state index contributed by atoms with van der Waals surface area (Å²) < 4.78 is 41.3. The summed E-state index contributed by atoms with van der Waals surface area (Å²) in [6, 6.07) is 3.40. The Bertz CT molecular complexity index is 1630. The van der Waals surface area contributed by atoms with Crippen molar-refractivity contribution in [2.45, 2.75) is 124 Å². The van der Waals surface area contributed by atoms with Crippen molar-refractivity contribution >= 4 is 43.4 Å². The smallest absolute Gasteiger partial charge is 0.414 e. The van der Waals surface area contributed by atoms with Gasteiger partial charge in [-0.05, 0) is 91.1 Å². The topological polar surface area (TPSA) is 115 Å². The lowest BCUT2D eigenvalue weighted by atomic mass is 9.96. The van der Waals surface area contributed by atoms with Crippen LogP contribution in [0, 0.1) is 12.7 Å². The van der Waals surface area contributed by atoms with Gasteiger partial charge in [-0.3, -0.25) is 4.90 Å². The molecule has 276 valence electrons. The van der Waals surface area contributed by atoms with Crippen molar-refractivity contribution in [2.24, 2.45) is 0 Å². The first kappa shape index (κ1) is 39.1. The van der Waals surface area contributed by atoms with E-state index in [1.165, 1.54) is 4.90 Å². The van der Waals surface area contributed by atoms with Crippen LogP contribution >= 0.6 is 0 Å². The summed E-state index contributed by atoms with van der Waals surface area (Å²) in [7, 11) is -0.659. The van der Waals surface area contributed by atoms with E-state index < -0.39 is 43.6 Å². The van der Waals surface area contributed by atoms with Crippen molar-refractivity contribution in [3.63, 3.8) is 0 Å². The number of ether oxygens (including phenoxy) is 3. The molecule has 11 nitrogen and oxygen atoms in total. The molecule has 0 aliphatic carbocycles. The molecule has 0 aromatic carbocycles. The van der Waals surface area contributed by atoms with Crippen LogP contribution in [0.5, 0.6) is 5.75 Å². The molecule has 1 N–H and O–H groups in total. The maximum absolute atomic E-state index is 17.0. The van der Waals surface area contributed by atoms with E-state index in [0.29, 0.717) is 72.2 Å². The largest absolute Gasteiger partial charge is 0.491 e. The van der Waals surface area contributed by atoms with Crippen LogP contribution < -0.4 is 15.0 Å². The lowest BCUT2D eigenvalue weighted by molar-refractivity contribution is 0.0273. The molecule has 0 unspecified atom stereocenters. The van der Waals surface area contributed by atoms with Gasteiger partial charge in [0.25, 0.3) is 0 Å². The summed E-state index contributed by atoms with van der Waals surface area (Å²) >= 11 is 0. The summed E-state index contributed by atoms with van der Waals surface area (Å²) in [6.45, 7) is 24.7. The molecule has 2 aliphatic rings. The summed E-state index contributed by atoms with van der Waals surface area (Å²) in [5.74, 6) is 0.0324. The zero-order valence-corrected chi connectivity index (χ0v) is 33.2. The Morgan fingerprint density at radius 3 is 2.32 bits per heavy atom. The van der Waals surface area contributed by atoms with Crippen LogP contribution in [-0.4, -0.2) is 73.3 Å². The van der Waals surface area contributed by atoms with Gasteiger partial charge in [-0.25, -0.2) is 23.9 Å². The molecule has 13 heteroatoms. The van der Waals surface area contributed by atoms with E-state index in [0.717, 1.165) is 0 Å². The Morgan fingerprint density at radius 1 is 1.04 bits per heavy atom. The first-order valence-corrected chi connectivity index (χ1v) is 20.3. The molecule has 4 rings (SSSR count). The van der Waals surface area contributed by atoms with Crippen molar-refractivity contribution < 1.29 is 32.6 Å². The van der Waals surface area contributed by atoms with Crippen LogP contribution in [0.2, 0.25) is 18.1 Å². The quantitative estimate of drug-likeness (QED) is 0.293. The Hall–Kier alpha value is -3.71. The average Bonchev–Trinajstić information content (AvgIpc) is 3.21. The zero-order chi connectivity index (χ0) is 37.4. The van der Waals surface area contributed by atoms with E-state index in [-0.39, 0.29) is 17.4 Å². The molecule has 2 aliphatic heterocycles. The number of nitrogens with one attached hydrogen (secondary N) is 1. The number of fused-ring (bicyclic) bond motifs is 1. The standard InChI is InChI=1S/C37H56FN5O6Si/c1-23-21-25(42(11)33(44)47-35(2,3)4)22-27(39-23)40-32-29(38)28(24-15-14-18-43(19-16-24)34(45)48-36(5,6)7)31-30(41-32)26(17-20-46-31)49-50(12,13)37(8,9)10/h16,21-22,26H,14-15,17-20H2,1-13H3,(H,39,40,41)/t26-/m1/s1. The molecule has 2 aromatic rings. The minimum atomic E-state index is -2.27. The van der Waals surface area contributed by atoms with Crippen molar-refractivity contribution in [3.8, 4) is 5.75 Å². The molecule has 4 heterocycles. The molecule has 0 spiro atoms. The van der Waals surface area contributed by atoms with Crippen LogP contribution in [0.4, 0.5) is 31.3 Å². The molecule has 50 heavy (non-hydrogen) atoms. The number of pyridine rings is 2. The molecule has 0 fully saturated rings. The second-order valence-electron chi connectivity index (χ2n) is 16.6. The van der Waals surface area contributed by atoms with E-state index in [1.54, 1.807) is 51.8 Å². The number of carbonyl (C=O) groups excluding carboxylic acids is 2. The highest BCUT2D eigenvalue weighted by atomic mass is 28.4. The molecule has 1 atom stereocenters. The van der Waals surface area contributed by atoms with Crippen molar-refractivity contribution in [2.75, 3.05) is 37.0 Å². The van der Waals surface area contributed by atoms with Crippen LogP contribution in [-0.2, 0) is 13.9 Å². The van der Waals surface area contributed by atoms with Gasteiger partial charge in [0.1, 0.15) is 22.7 Å². The van der Waals surface area contributed by atoms with E-state index in [9.17, 15) is 9.59 Å². The minimum Gasteiger partial charge on any atom is -0.491 e. The Balaban J connectivity index is 1.81. The van der Waals surface area contributed by atoms with Crippen LogP contribution in [0.25, 0.3) is 5.57 Å². The van der Waals surface area contributed by atoms with Crippen molar-refractivity contribution in [3.05, 3.63) is 41.0 Å². The van der Waals surface area contributed by atoms with Crippen LogP contribution in [0.15, 0.2) is 18.2 Å². The van der Waals surface area contributed by atoms with Gasteiger partial charge in [-0.15, -0.1) is 0 Å². The number of carbonyl (C=O) groups is 2. The van der Waals surface area contributed by atoms with E-state index in [4.69, 9.17) is 23.6 Å². The van der Waals surface area contributed by atoms with Crippen molar-refractivity contribution in [1.82, 2.24) is 14.9 Å². The second-order valence-corrected chi connectivity index (χ2v) is 21.4. The first-order valence-electron chi connectivity index (χ1n) is 17.4. The predicted octanol–water partition coefficient (Wildman–Crippen LogP) is 9.30. The molecule has 2 aromatic heterocycles. The van der Waals surface area contributed by atoms with Gasteiger partial charge in [-0.2, -0.15) is 0 Å². The monoisotopic (exact) mass is 713 g/mol. The maximum atomic E-state index is 17.0. The second kappa shape index (κ2) is 14.5. The van der Waals surface area contributed by atoms with Gasteiger partial charge >= 0.3 is 12.2 Å². The summed E-state index contributed by atoms with van der Waals surface area (Å²) in [6.07, 6.45) is 2.20. The highest BCUT2D eigenvalue weighted by molar-refractivity contribution is 6.74. The minimum absolute atomic E-state index is 0.0359. The fraction of sp³-hybridized carbons (Fsp3) is 0.622. The number of rotatable bonds is 6. The molecule has 0 bridgehead atoms. The highest BCUT2D eigenvalue weighted by Gasteiger charge is 2.42. The third-order valence-electron chi connectivity index (χ3n) is 8.94. The predicted molar refractivity (Wildman–Crippen MR) is 197 cm³/mol. The fourth-order valence-corrected chi connectivity index (χ4v) is 6.71. The number of aryl methyl sites for hydroxylation is 1. The number of nitrogens with zero attached hydrogens (tertiary/aromatic N) is 4. The van der Waals surface area contributed by atoms with Gasteiger partial charge < -0.3 is 28.9 Å². The third kappa shape index (κ3) is 9.54. The third-order valence-corrected chi connectivity index (χ3v) is 13.4. The lowest BCUT2D eigenvalue weighted by Gasteiger charge is -2.40. The molecule has 0 saturated carbocycles. The maximum Gasteiger partial charge on any atom is 0.414 e. The highest BCUT2D eigenvalue weighted by Crippen LogP contribution is 2.47. The van der Waals surface area contributed by atoms with E-state index in [1.807, 2.05) is 26.8 Å². The fourth-order valence-electron chi connectivity index (χ4n) is 5.41. The molecule has 0 saturated heterocycles. The number of aromatic nitrogens is 2. The SMILES string of the molecule is Cc1cc(N(C)C(=O)OC(C)(C)C)cc(Nc2nc3c(c(C4=CCN(C(=O)OC(C)(C)C)CCC4)c2F)OCC[C@H]3O[Si](C)(C)C(C)(C)C)n1. The number of anilines is 3. The molecular formula is C37H56FN5O6Si. The van der Waals surface area contributed by atoms with Crippen LogP contribution in [0.1, 0.15) is 105 Å².